The van der Waals surface area contributed by atoms with Gasteiger partial charge in [-0.15, -0.1) is 0 Å². The average Bonchev–Trinajstić information content (AvgIpc) is 1.55. The van der Waals surface area contributed by atoms with Crippen LogP contribution in [0.25, 0.3) is 56.3 Å². The third-order valence-electron chi connectivity index (χ3n) is 21.5. The Morgan fingerprint density at radius 2 is 0.607 bits per heavy atom. The molecule has 0 fully saturated rings. The number of nitrogens with zero attached hydrogens (tertiary/aromatic N) is 2. The first-order valence-corrected chi connectivity index (χ1v) is 36.0. The highest BCUT2D eigenvalue weighted by molar-refractivity contribution is 6.08. The second-order valence-electron chi connectivity index (χ2n) is 29.8. The van der Waals surface area contributed by atoms with Crippen LogP contribution in [-0.2, 0) is 21.7 Å². The molecule has 14 aromatic carbocycles. The van der Waals surface area contributed by atoms with Crippen LogP contribution in [0.2, 0.25) is 0 Å². The van der Waals surface area contributed by atoms with E-state index < -0.39 is 34.1 Å². The zero-order valence-corrected chi connectivity index (χ0v) is 60.1. The number of furan rings is 1. The van der Waals surface area contributed by atoms with E-state index >= 15 is 17.6 Å². The molecule has 5 nitrogen and oxygen atoms in total. The van der Waals surface area contributed by atoms with E-state index in [1.165, 1.54) is 23.3 Å². The molecule has 2 unspecified atom stereocenters. The van der Waals surface area contributed by atoms with Crippen LogP contribution in [0.3, 0.4) is 0 Å². The van der Waals surface area contributed by atoms with Gasteiger partial charge in [-0.3, -0.25) is 0 Å². The monoisotopic (exact) mass is 1400 g/mol. The zero-order chi connectivity index (χ0) is 73.7. The Hall–Kier alpha value is -12.7. The average molecular weight is 1400 g/mol. The summed E-state index contributed by atoms with van der Waals surface area (Å²) in [4.78, 5) is 3.91. The van der Waals surface area contributed by atoms with Crippen molar-refractivity contribution in [3.63, 3.8) is 0 Å². The van der Waals surface area contributed by atoms with Gasteiger partial charge in [0, 0.05) is 57.0 Å². The fourth-order valence-corrected chi connectivity index (χ4v) is 16.2. The topological polar surface area (TPSA) is 38.1 Å². The maximum Gasteiger partial charge on any atom is 0.160 e. The number of ether oxygens (including phenoxy) is 2. The zero-order valence-electron chi connectivity index (χ0n) is 60.1. The van der Waals surface area contributed by atoms with E-state index in [0.717, 1.165) is 90.0 Å². The summed E-state index contributed by atoms with van der Waals surface area (Å²) < 4.78 is 82.7. The number of halogens is 4. The largest absolute Gasteiger partial charge is 0.457 e. The molecule has 0 saturated carbocycles. The third kappa shape index (κ3) is 11.6. The van der Waals surface area contributed by atoms with Crippen molar-refractivity contribution in [1.82, 2.24) is 0 Å². The van der Waals surface area contributed by atoms with Gasteiger partial charge in [0.2, 0.25) is 0 Å². The summed E-state index contributed by atoms with van der Waals surface area (Å²) in [5.74, 6) is -1.25. The molecule has 522 valence electrons. The van der Waals surface area contributed by atoms with Crippen LogP contribution in [0.15, 0.2) is 321 Å². The van der Waals surface area contributed by atoms with Gasteiger partial charge < -0.3 is 23.7 Å². The summed E-state index contributed by atoms with van der Waals surface area (Å²) in [5, 5.41) is 1.42. The van der Waals surface area contributed by atoms with Gasteiger partial charge in [-0.1, -0.05) is 225 Å². The van der Waals surface area contributed by atoms with Crippen LogP contribution in [0, 0.1) is 23.3 Å². The van der Waals surface area contributed by atoms with Gasteiger partial charge in [-0.2, -0.15) is 0 Å². The molecule has 1 heterocycles. The fraction of sp³-hybridized carbons (Fsp3) is 0.102. The number of hydrogen-bond donors (Lipinski definition) is 0. The molecular formula is C98H74F4N2O3. The van der Waals surface area contributed by atoms with Crippen LogP contribution in [0.1, 0.15) is 108 Å². The van der Waals surface area contributed by atoms with Crippen molar-refractivity contribution in [3.8, 4) is 45.3 Å². The van der Waals surface area contributed by atoms with Crippen molar-refractivity contribution in [2.24, 2.45) is 0 Å². The molecule has 2 atom stereocenters. The summed E-state index contributed by atoms with van der Waals surface area (Å²) in [6.45, 7) is 21.1. The SMILES string of the molecule is C=Cc1ccc(Oc2ccc(C3(c4ccc(C(C)(C)C)cc4)c4ccccc4-c4ccc(N(c5ccc(F)c(F)c5)c5ccc6oc7ccc(N(c8ccc(F)c(F)c8)c8ccc9c(c8)C(c8ccc(Oc%10ccc(C=C)cc%10)cc8)(c8ccc(C(C)(C)C)cc8)c8ccccc8-9)cc7c6c5)cc43)cc2)cc1. The van der Waals surface area contributed by atoms with Crippen molar-refractivity contribution in [3.05, 3.63) is 407 Å². The number of fused-ring (bicyclic) bond motifs is 9. The van der Waals surface area contributed by atoms with Gasteiger partial charge in [0.05, 0.1) is 10.8 Å². The second-order valence-corrected chi connectivity index (χ2v) is 29.8. The number of benzene rings is 14. The minimum Gasteiger partial charge on any atom is -0.457 e. The van der Waals surface area contributed by atoms with Gasteiger partial charge in [0.1, 0.15) is 34.2 Å². The minimum absolute atomic E-state index is 0.126. The predicted octanol–water partition coefficient (Wildman–Crippen LogP) is 27.3. The summed E-state index contributed by atoms with van der Waals surface area (Å²) in [5.41, 5.74) is 19.2. The molecule has 1 aromatic heterocycles. The van der Waals surface area contributed by atoms with Gasteiger partial charge in [0.25, 0.3) is 0 Å². The Morgan fingerprint density at radius 1 is 0.308 bits per heavy atom. The van der Waals surface area contributed by atoms with Gasteiger partial charge in [-0.25, -0.2) is 17.6 Å². The maximum absolute atomic E-state index is 16.1. The van der Waals surface area contributed by atoms with Crippen molar-refractivity contribution in [2.75, 3.05) is 9.80 Å². The molecule has 0 aliphatic heterocycles. The highest BCUT2D eigenvalue weighted by Crippen LogP contribution is 2.60. The first kappa shape index (κ1) is 67.5. The van der Waals surface area contributed by atoms with Crippen LogP contribution in [0.5, 0.6) is 23.0 Å². The van der Waals surface area contributed by atoms with Crippen LogP contribution >= 0.6 is 0 Å². The van der Waals surface area contributed by atoms with E-state index in [1.807, 2.05) is 131 Å². The van der Waals surface area contributed by atoms with Gasteiger partial charge >= 0.3 is 0 Å². The molecule has 15 aromatic rings. The second kappa shape index (κ2) is 26.2. The Bertz CT molecular complexity index is 5620. The van der Waals surface area contributed by atoms with E-state index in [4.69, 9.17) is 13.9 Å². The summed E-state index contributed by atoms with van der Waals surface area (Å²) in [6.07, 6.45) is 3.60. The van der Waals surface area contributed by atoms with Crippen molar-refractivity contribution < 1.29 is 31.5 Å². The lowest BCUT2D eigenvalue weighted by Gasteiger charge is -2.35. The molecule has 0 radical (unpaired) electrons. The summed E-state index contributed by atoms with van der Waals surface area (Å²) in [6, 6.07) is 99.5. The molecule has 0 saturated heterocycles. The smallest absolute Gasteiger partial charge is 0.160 e. The Morgan fingerprint density at radius 3 is 0.953 bits per heavy atom. The maximum atomic E-state index is 16.1. The Balaban J connectivity index is 0.824. The Labute approximate surface area is 620 Å². The van der Waals surface area contributed by atoms with Gasteiger partial charge in [-0.05, 0) is 233 Å². The van der Waals surface area contributed by atoms with Crippen molar-refractivity contribution in [1.29, 1.82) is 0 Å². The molecule has 2 aliphatic carbocycles. The van der Waals surface area contributed by atoms with E-state index in [-0.39, 0.29) is 10.8 Å². The normalized spacial score (nSPS) is 15.0. The molecule has 17 rings (SSSR count). The molecule has 0 bridgehead atoms. The molecular weight excluding hydrogens is 1330 g/mol. The van der Waals surface area contributed by atoms with Crippen LogP contribution in [-0.4, -0.2) is 0 Å². The van der Waals surface area contributed by atoms with E-state index in [9.17, 15) is 0 Å². The molecule has 0 N–H and O–H groups in total. The van der Waals surface area contributed by atoms with Gasteiger partial charge in [0.15, 0.2) is 23.3 Å². The standard InChI is InChI=1S/C98H74F4N2O3/c1-9-61-19-41-75(42-20-61)105-77-45-31-67(32-46-77)97(65-27-23-63(24-28-65)95(3,4)5)85-17-13-11-15-79(85)81-49-35-71(57-87(81)97)103(73-37-51-89(99)91(101)59-73)69-39-53-93-83(55-69)84-56-70(40-54-94(84)107-93)104(74-38-52-90(100)92(102)60-74)72-36-50-82-80-16-12-14-18-86(80)98(88(82)58-72,66-29-25-64(26-30-66)96(6,7)8)68-33-47-78(48-34-68)106-76-43-21-62(10-2)22-44-76/h9-60H,1-2H2,3-8H3. The lowest BCUT2D eigenvalue weighted by Crippen LogP contribution is -2.29. The summed E-state index contributed by atoms with van der Waals surface area (Å²) in [7, 11) is 0. The van der Waals surface area contributed by atoms with E-state index in [2.05, 4.69) is 200 Å². The fourth-order valence-electron chi connectivity index (χ4n) is 16.2. The Kier molecular flexibility index (Phi) is 16.5. The number of hydrogen-bond acceptors (Lipinski definition) is 5. The highest BCUT2D eigenvalue weighted by atomic mass is 19.2. The molecule has 107 heavy (non-hydrogen) atoms. The van der Waals surface area contributed by atoms with Crippen LogP contribution < -0.4 is 19.3 Å². The van der Waals surface area contributed by atoms with Crippen LogP contribution in [0.4, 0.5) is 51.7 Å². The minimum atomic E-state index is -1.01. The number of anilines is 6. The molecule has 9 heteroatoms. The first-order chi connectivity index (χ1) is 51.8. The lowest BCUT2D eigenvalue weighted by atomic mass is 9.67. The first-order valence-electron chi connectivity index (χ1n) is 36.0. The van der Waals surface area contributed by atoms with E-state index in [0.29, 0.717) is 79.1 Å². The van der Waals surface area contributed by atoms with Crippen molar-refractivity contribution in [2.45, 2.75) is 63.2 Å². The molecule has 0 amide bonds. The molecule has 0 spiro atoms. The lowest BCUT2D eigenvalue weighted by molar-refractivity contribution is 0.482. The van der Waals surface area contributed by atoms with E-state index in [1.54, 1.807) is 24.3 Å². The number of rotatable bonds is 16. The van der Waals surface area contributed by atoms with Crippen molar-refractivity contribution >= 4 is 68.2 Å². The highest BCUT2D eigenvalue weighted by Gasteiger charge is 2.49. The summed E-state index contributed by atoms with van der Waals surface area (Å²) >= 11 is 0. The predicted molar refractivity (Wildman–Crippen MR) is 428 cm³/mol. The quantitative estimate of drug-likeness (QED) is 0.0902. The molecule has 2 aliphatic rings. The third-order valence-corrected chi connectivity index (χ3v) is 21.5.